The summed E-state index contributed by atoms with van der Waals surface area (Å²) in [5.74, 6) is 0.424. The number of piperidine rings is 1. The fraction of sp³-hybridized carbons (Fsp3) is 0.857. The molecule has 1 heterocycles. The largest absolute Gasteiger partial charge is 0.450 e. The highest BCUT2D eigenvalue weighted by molar-refractivity contribution is 14.0. The van der Waals surface area contributed by atoms with E-state index in [4.69, 9.17) is 10.5 Å². The topological polar surface area (TPSA) is 126 Å². The quantitative estimate of drug-likeness (QED) is 0.196. The molecule has 9 nitrogen and oxygen atoms in total. The molecule has 1 aliphatic rings. The first kappa shape index (κ1) is 24.2. The van der Waals surface area contributed by atoms with Gasteiger partial charge in [-0.2, -0.15) is 0 Å². The normalized spacial score (nSPS) is 16.2. The third kappa shape index (κ3) is 10.0. The number of carbonyl (C=O) groups excluding carboxylic acids is 1. The van der Waals surface area contributed by atoms with E-state index in [9.17, 15) is 13.2 Å². The van der Waals surface area contributed by atoms with E-state index in [0.29, 0.717) is 45.2 Å². The number of sulfonamides is 1. The van der Waals surface area contributed by atoms with Gasteiger partial charge in [0.25, 0.3) is 0 Å². The molecule has 1 fully saturated rings. The maximum absolute atomic E-state index is 11.6. The van der Waals surface area contributed by atoms with Crippen LogP contribution in [0.2, 0.25) is 0 Å². The second-order valence-electron chi connectivity index (χ2n) is 5.52. The lowest BCUT2D eigenvalue weighted by Gasteiger charge is -2.31. The lowest BCUT2D eigenvalue weighted by atomic mass is 10.1. The molecular weight excluding hydrogens is 461 g/mol. The van der Waals surface area contributed by atoms with Crippen LogP contribution in [0.15, 0.2) is 4.99 Å². The van der Waals surface area contributed by atoms with Crippen LogP contribution < -0.4 is 15.8 Å². The average molecular weight is 491 g/mol. The number of guanidine groups is 1. The van der Waals surface area contributed by atoms with E-state index < -0.39 is 10.0 Å². The maximum Gasteiger partial charge on any atom is 0.409 e. The van der Waals surface area contributed by atoms with Gasteiger partial charge in [-0.3, -0.25) is 4.99 Å². The number of halogens is 1. The summed E-state index contributed by atoms with van der Waals surface area (Å²) in [6, 6.07) is 0.179. The van der Waals surface area contributed by atoms with E-state index in [1.165, 1.54) is 0 Å². The van der Waals surface area contributed by atoms with Crippen LogP contribution >= 0.6 is 24.0 Å². The second kappa shape index (κ2) is 12.5. The van der Waals surface area contributed by atoms with Gasteiger partial charge in [0.05, 0.1) is 12.4 Å². The zero-order chi connectivity index (χ0) is 18.0. The first-order valence-electron chi connectivity index (χ1n) is 8.33. The molecule has 25 heavy (non-hydrogen) atoms. The predicted molar refractivity (Wildman–Crippen MR) is 109 cm³/mol. The highest BCUT2D eigenvalue weighted by Gasteiger charge is 2.23. The number of nitrogens with zero attached hydrogens (tertiary/aromatic N) is 2. The van der Waals surface area contributed by atoms with Crippen LogP contribution in [-0.4, -0.2) is 70.0 Å². The molecule has 0 radical (unpaired) electrons. The van der Waals surface area contributed by atoms with Gasteiger partial charge >= 0.3 is 6.09 Å². The third-order valence-corrected chi connectivity index (χ3v) is 5.10. The molecule has 0 bridgehead atoms. The fourth-order valence-corrected chi connectivity index (χ4v) is 2.94. The Labute approximate surface area is 167 Å². The molecule has 1 aliphatic heterocycles. The molecule has 1 saturated heterocycles. The summed E-state index contributed by atoms with van der Waals surface area (Å²) >= 11 is 0. The van der Waals surface area contributed by atoms with Gasteiger partial charge in [-0.1, -0.05) is 0 Å². The molecule has 148 valence electrons. The van der Waals surface area contributed by atoms with E-state index in [2.05, 4.69) is 15.0 Å². The van der Waals surface area contributed by atoms with E-state index in [-0.39, 0.29) is 41.9 Å². The van der Waals surface area contributed by atoms with Crippen LogP contribution in [0.5, 0.6) is 0 Å². The van der Waals surface area contributed by atoms with Gasteiger partial charge in [-0.05, 0) is 33.1 Å². The minimum atomic E-state index is -3.15. The van der Waals surface area contributed by atoms with Crippen molar-refractivity contribution in [1.82, 2.24) is 14.9 Å². The smallest absolute Gasteiger partial charge is 0.409 e. The lowest BCUT2D eigenvalue weighted by Crippen LogP contribution is -2.48. The summed E-state index contributed by atoms with van der Waals surface area (Å²) in [4.78, 5) is 17.5. The molecule has 0 atom stereocenters. The maximum atomic E-state index is 11.6. The number of amides is 1. The molecule has 1 rings (SSSR count). The minimum Gasteiger partial charge on any atom is -0.450 e. The van der Waals surface area contributed by atoms with Crippen molar-refractivity contribution in [3.63, 3.8) is 0 Å². The van der Waals surface area contributed by atoms with Crippen LogP contribution in [0.25, 0.3) is 0 Å². The summed E-state index contributed by atoms with van der Waals surface area (Å²) < 4.78 is 30.0. The summed E-state index contributed by atoms with van der Waals surface area (Å²) in [6.07, 6.45) is 1.88. The highest BCUT2D eigenvalue weighted by Crippen LogP contribution is 2.11. The zero-order valence-electron chi connectivity index (χ0n) is 14.9. The van der Waals surface area contributed by atoms with Crippen molar-refractivity contribution < 1.29 is 17.9 Å². The first-order valence-corrected chi connectivity index (χ1v) is 9.98. The number of aliphatic imine (C=N–C) groups is 1. The van der Waals surface area contributed by atoms with Gasteiger partial charge in [0.2, 0.25) is 10.0 Å². The van der Waals surface area contributed by atoms with Gasteiger partial charge in [-0.15, -0.1) is 24.0 Å². The van der Waals surface area contributed by atoms with Crippen molar-refractivity contribution in [3.8, 4) is 0 Å². The number of ether oxygens (including phenoxy) is 1. The highest BCUT2D eigenvalue weighted by atomic mass is 127. The van der Waals surface area contributed by atoms with E-state index >= 15 is 0 Å². The molecule has 0 aromatic carbocycles. The van der Waals surface area contributed by atoms with Gasteiger partial charge in [0.1, 0.15) is 0 Å². The number of hydrogen-bond acceptors (Lipinski definition) is 5. The molecule has 0 unspecified atom stereocenters. The number of likely N-dealkylation sites (tertiary alicyclic amines) is 1. The Hall–Kier alpha value is -0.820. The van der Waals surface area contributed by atoms with Crippen LogP contribution in [0.3, 0.4) is 0 Å². The van der Waals surface area contributed by atoms with E-state index in [1.54, 1.807) is 18.7 Å². The van der Waals surface area contributed by atoms with Crippen LogP contribution in [0.4, 0.5) is 4.79 Å². The summed E-state index contributed by atoms with van der Waals surface area (Å²) in [6.45, 7) is 5.82. The van der Waals surface area contributed by atoms with E-state index in [1.807, 2.05) is 0 Å². The molecule has 11 heteroatoms. The summed E-state index contributed by atoms with van der Waals surface area (Å²) in [7, 11) is -3.15. The standard InChI is InChI=1S/C14H29N5O4S.HI/c1-3-23-14(20)19-10-6-12(7-11-19)18-13(15)16-8-5-9-17-24(21,22)4-2;/h12,17H,3-11H2,1-2H3,(H3,15,16,18);1H. The number of rotatable bonds is 8. The average Bonchev–Trinajstić information content (AvgIpc) is 2.55. The fourth-order valence-electron chi connectivity index (χ4n) is 2.28. The second-order valence-corrected chi connectivity index (χ2v) is 7.62. The zero-order valence-corrected chi connectivity index (χ0v) is 18.0. The Kier molecular flexibility index (Phi) is 12.1. The molecule has 0 aromatic rings. The molecule has 0 aromatic heterocycles. The Morgan fingerprint density at radius 2 is 1.96 bits per heavy atom. The van der Waals surface area contributed by atoms with Gasteiger partial charge in [0.15, 0.2) is 5.96 Å². The Morgan fingerprint density at radius 1 is 1.32 bits per heavy atom. The van der Waals surface area contributed by atoms with Crippen LogP contribution in [0.1, 0.15) is 33.1 Å². The van der Waals surface area contributed by atoms with Gasteiger partial charge < -0.3 is 20.7 Å². The number of hydrogen-bond donors (Lipinski definition) is 3. The lowest BCUT2D eigenvalue weighted by molar-refractivity contribution is 0.0963. The monoisotopic (exact) mass is 491 g/mol. The number of nitrogens with two attached hydrogens (primary N) is 1. The molecule has 0 saturated carbocycles. The van der Waals surface area contributed by atoms with Crippen molar-refractivity contribution in [1.29, 1.82) is 0 Å². The van der Waals surface area contributed by atoms with Crippen molar-refractivity contribution in [3.05, 3.63) is 0 Å². The predicted octanol–water partition coefficient (Wildman–Crippen LogP) is 0.459. The third-order valence-electron chi connectivity index (χ3n) is 3.69. The Morgan fingerprint density at radius 3 is 2.52 bits per heavy atom. The van der Waals surface area contributed by atoms with Crippen molar-refractivity contribution in [2.24, 2.45) is 10.7 Å². The Balaban J connectivity index is 0.00000576. The number of carbonyl (C=O) groups is 1. The van der Waals surface area contributed by atoms with E-state index in [0.717, 1.165) is 12.8 Å². The molecule has 4 N–H and O–H groups in total. The summed E-state index contributed by atoms with van der Waals surface area (Å²) in [5.41, 5.74) is 5.84. The van der Waals surface area contributed by atoms with Crippen LogP contribution in [-0.2, 0) is 14.8 Å². The number of nitrogens with one attached hydrogen (secondary N) is 2. The summed E-state index contributed by atoms with van der Waals surface area (Å²) in [5, 5.41) is 3.14. The van der Waals surface area contributed by atoms with Crippen molar-refractivity contribution in [2.75, 3.05) is 38.5 Å². The Bertz CT molecular complexity index is 521. The van der Waals surface area contributed by atoms with Crippen molar-refractivity contribution in [2.45, 2.75) is 39.2 Å². The molecular formula is C14H30IN5O4S. The minimum absolute atomic E-state index is 0. The van der Waals surface area contributed by atoms with Crippen LogP contribution in [0, 0.1) is 0 Å². The van der Waals surface area contributed by atoms with Crippen molar-refractivity contribution >= 4 is 46.1 Å². The SMILES string of the molecule is CCOC(=O)N1CCC(NC(N)=NCCCNS(=O)(=O)CC)CC1.I. The van der Waals surface area contributed by atoms with Gasteiger partial charge in [0, 0.05) is 32.2 Å². The first-order chi connectivity index (χ1) is 11.4. The molecule has 0 spiro atoms. The molecule has 1 amide bonds. The molecule has 0 aliphatic carbocycles. The van der Waals surface area contributed by atoms with Gasteiger partial charge in [-0.25, -0.2) is 17.9 Å².